The van der Waals surface area contributed by atoms with Crippen LogP contribution in [0, 0.1) is 0 Å². The van der Waals surface area contributed by atoms with E-state index in [2.05, 4.69) is 99.8 Å². The van der Waals surface area contributed by atoms with Crippen LogP contribution in [-0.2, 0) is 42.9 Å². The number of carbonyl (C=O) groups excluding carboxylic acids is 3. The molecule has 3 N–H and O–H groups in total. The molecule has 0 amide bonds. The molecule has 73 heavy (non-hydrogen) atoms. The molecule has 0 aromatic rings. The number of rotatable bonds is 47. The molecular weight excluding hydrogens is 925 g/mol. The first-order valence-corrected chi connectivity index (χ1v) is 28.6. The smallest absolute Gasteiger partial charge is 0.335 e. The number of aliphatic hydroxyl groups is 2. The van der Waals surface area contributed by atoms with Crippen molar-refractivity contribution in [1.29, 1.82) is 0 Å². The van der Waals surface area contributed by atoms with Crippen molar-refractivity contribution in [2.24, 2.45) is 0 Å². The summed E-state index contributed by atoms with van der Waals surface area (Å²) >= 11 is 0. The fourth-order valence-electron chi connectivity index (χ4n) is 8.04. The Morgan fingerprint density at radius 2 is 0.877 bits per heavy atom. The Bertz CT molecular complexity index is 1590. The van der Waals surface area contributed by atoms with E-state index in [1.807, 2.05) is 6.08 Å². The van der Waals surface area contributed by atoms with Gasteiger partial charge >= 0.3 is 23.9 Å². The lowest BCUT2D eigenvalue weighted by Crippen LogP contribution is -2.61. The Hall–Kier alpha value is -4.10. The van der Waals surface area contributed by atoms with Gasteiger partial charge in [-0.05, 0) is 109 Å². The first-order valence-electron chi connectivity index (χ1n) is 28.6. The minimum Gasteiger partial charge on any atom is -0.479 e. The maximum atomic E-state index is 13.1. The maximum absolute atomic E-state index is 13.1. The summed E-state index contributed by atoms with van der Waals surface area (Å²) in [4.78, 5) is 51.0. The van der Waals surface area contributed by atoms with Gasteiger partial charge in [-0.1, -0.05) is 183 Å². The molecule has 0 saturated carbocycles. The van der Waals surface area contributed by atoms with Crippen LogP contribution in [0.25, 0.3) is 0 Å². The van der Waals surface area contributed by atoms with Crippen LogP contribution in [0.15, 0.2) is 85.1 Å². The Labute approximate surface area is 441 Å². The highest BCUT2D eigenvalue weighted by Crippen LogP contribution is 2.26. The highest BCUT2D eigenvalue weighted by atomic mass is 16.7. The molecule has 0 bridgehead atoms. The van der Waals surface area contributed by atoms with Crippen LogP contribution in [0.5, 0.6) is 0 Å². The predicted molar refractivity (Wildman–Crippen MR) is 294 cm³/mol. The normalized spacial score (nSPS) is 18.9. The van der Waals surface area contributed by atoms with Crippen LogP contribution in [0.3, 0.4) is 0 Å². The molecule has 1 aliphatic heterocycles. The molecule has 6 unspecified atom stereocenters. The minimum absolute atomic E-state index is 0.0412. The van der Waals surface area contributed by atoms with Gasteiger partial charge in [0.05, 0.1) is 6.61 Å². The van der Waals surface area contributed by atoms with Crippen LogP contribution in [0.1, 0.15) is 226 Å². The first-order chi connectivity index (χ1) is 35.6. The fourth-order valence-corrected chi connectivity index (χ4v) is 8.04. The van der Waals surface area contributed by atoms with Crippen molar-refractivity contribution in [3.8, 4) is 0 Å². The van der Waals surface area contributed by atoms with Crippen molar-refractivity contribution in [3.63, 3.8) is 0 Å². The SMILES string of the molecule is CC/C=C\C/C=C\C/C=C\C/C=C\C/C=C\CCCC(=O)OCC(COC1OC(C(=O)O)C(O)C(O)C1OC(=O)CCCCCCC/C=C\CCCCCC)OC(=O)CCCCCCC/C=C\CCCCCC. The highest BCUT2D eigenvalue weighted by Gasteiger charge is 2.50. The Morgan fingerprint density at radius 1 is 0.466 bits per heavy atom. The zero-order valence-electron chi connectivity index (χ0n) is 45.6. The molecule has 12 heteroatoms. The standard InChI is InChI=1S/C61H100O12/c1-4-7-10-13-16-19-22-25-26-27-28-31-32-35-38-41-44-47-53(62)69-50-52(71-54(63)48-45-42-39-36-33-29-23-20-17-14-11-8-5-2)51-70-61-59(57(66)56(65)58(73-61)60(67)68)72-55(64)49-46-43-40-37-34-30-24-21-18-15-12-9-6-3/h7,10,16,19-21,23-26,28,31,35,38,52,56-59,61,65-66H,4-6,8-9,11-15,17-18,22,27,29-30,32-34,36-37,39-51H2,1-3H3,(H,67,68)/b10-7-,19-16-,23-20-,24-21-,26-25-,31-28-,38-35-. The first kappa shape index (κ1) is 66.9. The number of carbonyl (C=O) groups is 4. The van der Waals surface area contributed by atoms with E-state index in [9.17, 15) is 34.5 Å². The molecule has 0 spiro atoms. The third-order valence-electron chi connectivity index (χ3n) is 12.4. The molecule has 0 radical (unpaired) electrons. The van der Waals surface area contributed by atoms with E-state index in [0.717, 1.165) is 109 Å². The minimum atomic E-state index is -1.92. The average Bonchev–Trinajstić information content (AvgIpc) is 3.37. The number of hydrogen-bond donors (Lipinski definition) is 3. The topological polar surface area (TPSA) is 175 Å². The van der Waals surface area contributed by atoms with E-state index in [1.54, 1.807) is 0 Å². The highest BCUT2D eigenvalue weighted by molar-refractivity contribution is 5.74. The van der Waals surface area contributed by atoms with E-state index < -0.39 is 67.3 Å². The number of hydrogen-bond acceptors (Lipinski definition) is 11. The third kappa shape index (κ3) is 39.0. The lowest BCUT2D eigenvalue weighted by Gasteiger charge is -2.40. The van der Waals surface area contributed by atoms with Gasteiger partial charge in [-0.25, -0.2) is 4.79 Å². The van der Waals surface area contributed by atoms with Gasteiger partial charge in [-0.3, -0.25) is 14.4 Å². The van der Waals surface area contributed by atoms with Gasteiger partial charge in [0.1, 0.15) is 18.8 Å². The van der Waals surface area contributed by atoms with Crippen LogP contribution in [-0.4, -0.2) is 89.2 Å². The number of ether oxygens (including phenoxy) is 5. The fraction of sp³-hybridized carbons (Fsp3) is 0.705. The maximum Gasteiger partial charge on any atom is 0.335 e. The number of aliphatic carboxylic acids is 1. The van der Waals surface area contributed by atoms with Crippen LogP contribution in [0.4, 0.5) is 0 Å². The number of esters is 3. The summed E-state index contributed by atoms with van der Waals surface area (Å²) in [5.74, 6) is -3.23. The number of carboxylic acids is 1. The van der Waals surface area contributed by atoms with E-state index in [-0.39, 0.29) is 25.9 Å². The van der Waals surface area contributed by atoms with Gasteiger partial charge in [-0.2, -0.15) is 0 Å². The molecule has 1 saturated heterocycles. The van der Waals surface area contributed by atoms with Crippen molar-refractivity contribution in [3.05, 3.63) is 85.1 Å². The Morgan fingerprint density at radius 3 is 1.37 bits per heavy atom. The zero-order chi connectivity index (χ0) is 53.3. The van der Waals surface area contributed by atoms with Crippen molar-refractivity contribution in [1.82, 2.24) is 0 Å². The van der Waals surface area contributed by atoms with Crippen molar-refractivity contribution in [2.75, 3.05) is 13.2 Å². The van der Waals surface area contributed by atoms with Gasteiger partial charge in [0, 0.05) is 19.3 Å². The lowest BCUT2D eigenvalue weighted by atomic mass is 9.98. The lowest BCUT2D eigenvalue weighted by molar-refractivity contribution is -0.301. The van der Waals surface area contributed by atoms with E-state index >= 15 is 0 Å². The molecule has 1 heterocycles. The quantitative estimate of drug-likeness (QED) is 0.0228. The number of allylic oxidation sites excluding steroid dienone is 14. The van der Waals surface area contributed by atoms with Gasteiger partial charge in [-0.15, -0.1) is 0 Å². The molecule has 416 valence electrons. The van der Waals surface area contributed by atoms with E-state index in [0.29, 0.717) is 25.7 Å². The second-order valence-electron chi connectivity index (χ2n) is 19.2. The zero-order valence-corrected chi connectivity index (χ0v) is 45.6. The summed E-state index contributed by atoms with van der Waals surface area (Å²) in [5, 5.41) is 31.4. The second-order valence-corrected chi connectivity index (χ2v) is 19.2. The summed E-state index contributed by atoms with van der Waals surface area (Å²) in [7, 11) is 0. The number of unbranched alkanes of at least 4 members (excludes halogenated alkanes) is 19. The molecule has 0 aliphatic carbocycles. The van der Waals surface area contributed by atoms with Crippen LogP contribution in [0.2, 0.25) is 0 Å². The monoisotopic (exact) mass is 1020 g/mol. The Kier molecular flexibility index (Phi) is 44.7. The van der Waals surface area contributed by atoms with Gasteiger partial charge in [0.25, 0.3) is 0 Å². The summed E-state index contributed by atoms with van der Waals surface area (Å²) in [6, 6.07) is 0. The Balaban J connectivity index is 2.76. The molecule has 0 aromatic heterocycles. The molecule has 1 aliphatic rings. The molecule has 0 aromatic carbocycles. The molecule has 1 rings (SSSR count). The summed E-state index contributed by atoms with van der Waals surface area (Å²) in [6.45, 7) is 5.77. The van der Waals surface area contributed by atoms with Gasteiger partial charge < -0.3 is 39.0 Å². The molecule has 1 fully saturated rings. The predicted octanol–water partition coefficient (Wildman–Crippen LogP) is 14.3. The average molecular weight is 1030 g/mol. The summed E-state index contributed by atoms with van der Waals surface area (Å²) in [6.07, 6.45) is 49.9. The van der Waals surface area contributed by atoms with Crippen molar-refractivity contribution >= 4 is 23.9 Å². The van der Waals surface area contributed by atoms with Crippen molar-refractivity contribution in [2.45, 2.75) is 263 Å². The molecule has 6 atom stereocenters. The second kappa shape index (κ2) is 48.8. The molecule has 12 nitrogen and oxygen atoms in total. The van der Waals surface area contributed by atoms with Crippen LogP contribution >= 0.6 is 0 Å². The van der Waals surface area contributed by atoms with Gasteiger partial charge in [0.15, 0.2) is 24.6 Å². The summed E-state index contributed by atoms with van der Waals surface area (Å²) in [5.41, 5.74) is 0. The largest absolute Gasteiger partial charge is 0.479 e. The number of aliphatic hydroxyl groups excluding tert-OH is 2. The van der Waals surface area contributed by atoms with Crippen LogP contribution < -0.4 is 0 Å². The van der Waals surface area contributed by atoms with E-state index in [1.165, 1.54) is 51.4 Å². The molecular formula is C61H100O12. The van der Waals surface area contributed by atoms with Gasteiger partial charge in [0.2, 0.25) is 0 Å². The van der Waals surface area contributed by atoms with E-state index in [4.69, 9.17) is 23.7 Å². The number of carboxylic acid groups (broad SMARTS) is 1. The third-order valence-corrected chi connectivity index (χ3v) is 12.4. The van der Waals surface area contributed by atoms with Crippen molar-refractivity contribution < 1.29 is 58.2 Å². The summed E-state index contributed by atoms with van der Waals surface area (Å²) < 4.78 is 28.3.